The average molecular weight is 308 g/mol. The Morgan fingerprint density at radius 2 is 1.95 bits per heavy atom. The summed E-state index contributed by atoms with van der Waals surface area (Å²) in [4.78, 5) is 11.3. The van der Waals surface area contributed by atoms with Crippen LogP contribution in [0.5, 0.6) is 5.75 Å². The number of carbonyl (C=O) groups excluding carboxylic acids is 1. The third kappa shape index (κ3) is 3.36. The Morgan fingerprint density at radius 1 is 1.33 bits per heavy atom. The fourth-order valence-electron chi connectivity index (χ4n) is 2.19. The molecule has 2 rings (SSSR count). The van der Waals surface area contributed by atoms with Gasteiger partial charge in [0.05, 0.1) is 0 Å². The molecule has 0 N–H and O–H groups in total. The third-order valence-corrected chi connectivity index (χ3v) is 9.14. The summed E-state index contributed by atoms with van der Waals surface area (Å²) in [5.74, 6) is -0.0778. The van der Waals surface area contributed by atoms with E-state index in [9.17, 15) is 9.18 Å². The summed E-state index contributed by atoms with van der Waals surface area (Å²) in [7, 11) is -2.08. The van der Waals surface area contributed by atoms with E-state index in [4.69, 9.17) is 4.43 Å². The summed E-state index contributed by atoms with van der Waals surface area (Å²) >= 11 is 0. The van der Waals surface area contributed by atoms with Crippen LogP contribution in [0.4, 0.5) is 4.39 Å². The Labute approximate surface area is 127 Å². The van der Waals surface area contributed by atoms with Crippen molar-refractivity contribution in [3.63, 3.8) is 0 Å². The average Bonchev–Trinajstić information content (AvgIpc) is 3.17. The van der Waals surface area contributed by atoms with Crippen molar-refractivity contribution in [2.45, 2.75) is 57.7 Å². The monoisotopic (exact) mass is 308 g/mol. The highest BCUT2D eigenvalue weighted by Crippen LogP contribution is 2.44. The summed E-state index contributed by atoms with van der Waals surface area (Å²) in [6.45, 7) is 10.6. The minimum atomic E-state index is -2.08. The van der Waals surface area contributed by atoms with Crippen LogP contribution in [0.2, 0.25) is 18.1 Å². The molecule has 0 radical (unpaired) electrons. The van der Waals surface area contributed by atoms with E-state index in [-0.39, 0.29) is 16.8 Å². The highest BCUT2D eigenvalue weighted by molar-refractivity contribution is 6.74. The molecule has 1 saturated carbocycles. The largest absolute Gasteiger partial charge is 0.542 e. The molecule has 0 amide bonds. The number of carbonyl (C=O) groups is 1. The zero-order chi connectivity index (χ0) is 15.8. The Bertz CT molecular complexity index is 530. The Morgan fingerprint density at radius 3 is 2.43 bits per heavy atom. The van der Waals surface area contributed by atoms with E-state index in [1.807, 2.05) is 0 Å². The third-order valence-electron chi connectivity index (χ3n) is 4.80. The van der Waals surface area contributed by atoms with E-state index in [1.165, 1.54) is 0 Å². The molecule has 0 saturated heterocycles. The molecule has 21 heavy (non-hydrogen) atoms. The van der Waals surface area contributed by atoms with Crippen LogP contribution >= 0.6 is 0 Å². The first-order valence-corrected chi connectivity index (χ1v) is 10.5. The van der Waals surface area contributed by atoms with Gasteiger partial charge < -0.3 is 9.22 Å². The maximum absolute atomic E-state index is 14.8. The first kappa shape index (κ1) is 16.2. The molecular formula is C17H25FO2Si. The van der Waals surface area contributed by atoms with Gasteiger partial charge in [-0.05, 0) is 43.0 Å². The number of benzene rings is 1. The van der Waals surface area contributed by atoms with E-state index in [0.717, 1.165) is 19.1 Å². The minimum Gasteiger partial charge on any atom is -0.542 e. The molecule has 1 aromatic carbocycles. The molecule has 2 nitrogen and oxygen atoms in total. The summed E-state index contributed by atoms with van der Waals surface area (Å²) in [5.41, 5.74) is 0.490. The van der Waals surface area contributed by atoms with E-state index in [1.54, 1.807) is 18.2 Å². The van der Waals surface area contributed by atoms with Gasteiger partial charge in [0.25, 0.3) is 8.32 Å². The second kappa shape index (κ2) is 5.56. The van der Waals surface area contributed by atoms with Gasteiger partial charge in [-0.3, -0.25) is 0 Å². The summed E-state index contributed by atoms with van der Waals surface area (Å²) in [5, 5.41) is 0.00992. The molecule has 0 heterocycles. The summed E-state index contributed by atoms with van der Waals surface area (Å²) in [6.07, 6.45) is 2.90. The van der Waals surface area contributed by atoms with Crippen LogP contribution in [-0.4, -0.2) is 14.6 Å². The maximum atomic E-state index is 14.8. The molecule has 116 valence electrons. The second-order valence-electron chi connectivity index (χ2n) is 7.52. The van der Waals surface area contributed by atoms with Crippen molar-refractivity contribution in [3.05, 3.63) is 29.6 Å². The molecule has 0 spiro atoms. The fraction of sp³-hybridized carbons (Fsp3) is 0.588. The fourth-order valence-corrected chi connectivity index (χ4v) is 3.20. The summed E-state index contributed by atoms with van der Waals surface area (Å²) < 4.78 is 20.8. The molecule has 1 atom stereocenters. The van der Waals surface area contributed by atoms with E-state index in [2.05, 4.69) is 33.9 Å². The quantitative estimate of drug-likeness (QED) is 0.571. The Balaban J connectivity index is 2.32. The zero-order valence-corrected chi connectivity index (χ0v) is 14.6. The smallest absolute Gasteiger partial charge is 0.250 e. The standard InChI is InChI=1S/C17H25FO2Si/c1-17(2,3)21(4,5)20-15-8-6-7-13(16(15)18)14(11-19)12-9-10-12/h6-8,11-12,14H,9-10H2,1-5H3. The van der Waals surface area contributed by atoms with Crippen molar-refractivity contribution in [2.75, 3.05) is 0 Å². The van der Waals surface area contributed by atoms with Gasteiger partial charge in [0.2, 0.25) is 0 Å². The zero-order valence-electron chi connectivity index (χ0n) is 13.6. The van der Waals surface area contributed by atoms with Crippen LogP contribution in [0.1, 0.15) is 45.1 Å². The van der Waals surface area contributed by atoms with Crippen molar-refractivity contribution in [1.82, 2.24) is 0 Å². The maximum Gasteiger partial charge on any atom is 0.250 e. The molecule has 1 aliphatic rings. The lowest BCUT2D eigenvalue weighted by Gasteiger charge is -2.36. The van der Waals surface area contributed by atoms with Gasteiger partial charge in [0, 0.05) is 11.5 Å². The highest BCUT2D eigenvalue weighted by atomic mass is 28.4. The van der Waals surface area contributed by atoms with Gasteiger partial charge in [-0.2, -0.15) is 0 Å². The minimum absolute atomic E-state index is 0.00992. The molecule has 1 unspecified atom stereocenters. The lowest BCUT2D eigenvalue weighted by atomic mass is 9.95. The van der Waals surface area contributed by atoms with Crippen molar-refractivity contribution in [1.29, 1.82) is 0 Å². The number of hydrogen-bond donors (Lipinski definition) is 0. The second-order valence-corrected chi connectivity index (χ2v) is 12.2. The van der Waals surface area contributed by atoms with Crippen molar-refractivity contribution >= 4 is 14.6 Å². The molecule has 0 bridgehead atoms. The first-order chi connectivity index (χ1) is 9.67. The first-order valence-electron chi connectivity index (χ1n) is 7.60. The van der Waals surface area contributed by atoms with Gasteiger partial charge in [0.1, 0.15) is 12.0 Å². The van der Waals surface area contributed by atoms with Crippen LogP contribution in [0, 0.1) is 11.7 Å². The Hall–Kier alpha value is -1.16. The molecule has 0 aromatic heterocycles. The van der Waals surface area contributed by atoms with E-state index < -0.39 is 8.32 Å². The normalized spacial score (nSPS) is 17.4. The number of halogens is 1. The van der Waals surface area contributed by atoms with Gasteiger partial charge in [0.15, 0.2) is 5.82 Å². The molecule has 1 aliphatic carbocycles. The van der Waals surface area contributed by atoms with Gasteiger partial charge in [-0.15, -0.1) is 0 Å². The van der Waals surface area contributed by atoms with Crippen molar-refractivity contribution < 1.29 is 13.6 Å². The van der Waals surface area contributed by atoms with Crippen LogP contribution in [0.3, 0.4) is 0 Å². The predicted molar refractivity (Wildman–Crippen MR) is 85.8 cm³/mol. The SMILES string of the molecule is CC(C)(C)[Si](C)(C)Oc1cccc(C(C=O)C2CC2)c1F. The van der Waals surface area contributed by atoms with Crippen molar-refractivity contribution in [2.24, 2.45) is 5.92 Å². The molecule has 0 aliphatic heterocycles. The lowest BCUT2D eigenvalue weighted by Crippen LogP contribution is -2.44. The lowest BCUT2D eigenvalue weighted by molar-refractivity contribution is -0.109. The highest BCUT2D eigenvalue weighted by Gasteiger charge is 2.40. The topological polar surface area (TPSA) is 26.3 Å². The van der Waals surface area contributed by atoms with E-state index in [0.29, 0.717) is 17.2 Å². The molecule has 4 heteroatoms. The van der Waals surface area contributed by atoms with Gasteiger partial charge >= 0.3 is 0 Å². The number of hydrogen-bond acceptors (Lipinski definition) is 2. The van der Waals surface area contributed by atoms with Crippen LogP contribution in [-0.2, 0) is 4.79 Å². The van der Waals surface area contributed by atoms with Crippen LogP contribution < -0.4 is 4.43 Å². The van der Waals surface area contributed by atoms with Gasteiger partial charge in [-0.25, -0.2) is 4.39 Å². The van der Waals surface area contributed by atoms with Crippen LogP contribution in [0.15, 0.2) is 18.2 Å². The molecule has 1 fully saturated rings. The predicted octanol–water partition coefficient (Wildman–Crippen LogP) is 4.90. The Kier molecular flexibility index (Phi) is 4.29. The number of aldehydes is 1. The molecular weight excluding hydrogens is 283 g/mol. The van der Waals surface area contributed by atoms with Crippen molar-refractivity contribution in [3.8, 4) is 5.75 Å². The van der Waals surface area contributed by atoms with Crippen LogP contribution in [0.25, 0.3) is 0 Å². The summed E-state index contributed by atoms with van der Waals surface area (Å²) in [6, 6.07) is 5.18. The van der Waals surface area contributed by atoms with E-state index >= 15 is 0 Å². The van der Waals surface area contributed by atoms with Gasteiger partial charge in [-0.1, -0.05) is 32.9 Å². The molecule has 1 aromatic rings. The number of rotatable bonds is 5.